The van der Waals surface area contributed by atoms with Gasteiger partial charge >= 0.3 is 0 Å². The van der Waals surface area contributed by atoms with E-state index in [9.17, 15) is 18.0 Å². The van der Waals surface area contributed by atoms with Gasteiger partial charge in [0.05, 0.1) is 22.6 Å². The van der Waals surface area contributed by atoms with E-state index in [1.807, 2.05) is 30.3 Å². The second-order valence-corrected chi connectivity index (χ2v) is 9.88. The minimum atomic E-state index is -3.83. The zero-order chi connectivity index (χ0) is 22.6. The van der Waals surface area contributed by atoms with Crippen LogP contribution in [0, 0.1) is 0 Å². The molecule has 0 fully saturated rings. The summed E-state index contributed by atoms with van der Waals surface area (Å²) in [6, 6.07) is 18.0. The average molecular weight is 567 g/mol. The molecule has 7 nitrogen and oxygen atoms in total. The predicted molar refractivity (Wildman–Crippen MR) is 126 cm³/mol. The fourth-order valence-corrected chi connectivity index (χ4v) is 4.61. The summed E-state index contributed by atoms with van der Waals surface area (Å²) in [7, 11) is -3.83. The second kappa shape index (κ2) is 9.73. The number of hydrogen-bond acceptors (Lipinski definition) is 4. The molecule has 3 rings (SSSR count). The van der Waals surface area contributed by atoms with Crippen molar-refractivity contribution in [2.24, 2.45) is 5.14 Å². The lowest BCUT2D eigenvalue weighted by molar-refractivity contribution is -0.115. The Hall–Kier alpha value is -2.53. The van der Waals surface area contributed by atoms with E-state index in [0.29, 0.717) is 20.3 Å². The molecule has 31 heavy (non-hydrogen) atoms. The number of halogens is 2. The van der Waals surface area contributed by atoms with Gasteiger partial charge in [-0.1, -0.05) is 46.3 Å². The van der Waals surface area contributed by atoms with Crippen LogP contribution in [0.5, 0.6) is 0 Å². The third-order valence-corrected chi connectivity index (χ3v) is 6.22. The van der Waals surface area contributed by atoms with Crippen LogP contribution in [0.4, 0.5) is 11.4 Å². The van der Waals surface area contributed by atoms with Crippen LogP contribution >= 0.6 is 31.9 Å². The van der Waals surface area contributed by atoms with E-state index in [2.05, 4.69) is 42.5 Å². The lowest BCUT2D eigenvalue weighted by Crippen LogP contribution is -2.20. The van der Waals surface area contributed by atoms with E-state index in [4.69, 9.17) is 5.14 Å². The van der Waals surface area contributed by atoms with Gasteiger partial charge in [-0.3, -0.25) is 9.59 Å². The number of sulfonamides is 1. The molecule has 0 saturated carbocycles. The quantitative estimate of drug-likeness (QED) is 0.412. The lowest BCUT2D eigenvalue weighted by Gasteiger charge is -2.14. The SMILES string of the molecule is NS(=O)(=O)c1ccc(NC(=O)c2cc(Br)cc(Br)c2NC(=O)Cc2ccccc2)cc1. The molecule has 0 aromatic heterocycles. The number of nitrogens with one attached hydrogen (secondary N) is 2. The Kier molecular flexibility index (Phi) is 7.26. The first-order valence-corrected chi connectivity index (χ1v) is 12.0. The maximum absolute atomic E-state index is 12.9. The molecule has 160 valence electrons. The third-order valence-electron chi connectivity index (χ3n) is 4.21. The summed E-state index contributed by atoms with van der Waals surface area (Å²) in [6.07, 6.45) is 0.152. The van der Waals surface area contributed by atoms with Gasteiger partial charge in [-0.2, -0.15) is 0 Å². The van der Waals surface area contributed by atoms with Gasteiger partial charge in [-0.15, -0.1) is 0 Å². The summed E-state index contributed by atoms with van der Waals surface area (Å²) in [5, 5.41) is 10.6. The molecule has 0 aliphatic rings. The van der Waals surface area contributed by atoms with Crippen LogP contribution in [0.15, 0.2) is 80.6 Å². The Labute approximate surface area is 196 Å². The highest BCUT2D eigenvalue weighted by Gasteiger charge is 2.18. The van der Waals surface area contributed by atoms with Crippen LogP contribution in [0.2, 0.25) is 0 Å². The first-order chi connectivity index (χ1) is 14.6. The first kappa shape index (κ1) is 23.1. The van der Waals surface area contributed by atoms with Crippen LogP contribution in [-0.4, -0.2) is 20.2 Å². The van der Waals surface area contributed by atoms with Gasteiger partial charge < -0.3 is 10.6 Å². The lowest BCUT2D eigenvalue weighted by atomic mass is 10.1. The van der Waals surface area contributed by atoms with E-state index in [1.54, 1.807) is 12.1 Å². The average Bonchev–Trinajstić information content (AvgIpc) is 2.70. The number of rotatable bonds is 6. The fourth-order valence-electron chi connectivity index (χ4n) is 2.77. The van der Waals surface area contributed by atoms with Gasteiger partial charge in [0.25, 0.3) is 5.91 Å². The molecule has 0 spiro atoms. The van der Waals surface area contributed by atoms with Crippen molar-refractivity contribution >= 4 is 65.1 Å². The van der Waals surface area contributed by atoms with Gasteiger partial charge in [0.1, 0.15) is 0 Å². The summed E-state index contributed by atoms with van der Waals surface area (Å²) in [4.78, 5) is 25.4. The maximum Gasteiger partial charge on any atom is 0.257 e. The van der Waals surface area contributed by atoms with Crippen LogP contribution in [0.1, 0.15) is 15.9 Å². The van der Waals surface area contributed by atoms with E-state index in [-0.39, 0.29) is 22.8 Å². The first-order valence-electron chi connectivity index (χ1n) is 8.90. The molecule has 0 radical (unpaired) electrons. The van der Waals surface area contributed by atoms with Crippen molar-refractivity contribution in [1.29, 1.82) is 0 Å². The number of hydrogen-bond donors (Lipinski definition) is 3. The molecule has 0 aliphatic carbocycles. The molecule has 10 heteroatoms. The number of anilines is 2. The summed E-state index contributed by atoms with van der Waals surface area (Å²) < 4.78 is 23.9. The maximum atomic E-state index is 12.9. The number of amides is 2. The zero-order valence-electron chi connectivity index (χ0n) is 15.9. The summed E-state index contributed by atoms with van der Waals surface area (Å²) in [6.45, 7) is 0. The van der Waals surface area contributed by atoms with Crippen molar-refractivity contribution in [1.82, 2.24) is 0 Å². The van der Waals surface area contributed by atoms with E-state index >= 15 is 0 Å². The van der Waals surface area contributed by atoms with Crippen LogP contribution in [0.3, 0.4) is 0 Å². The Morgan fingerprint density at radius 1 is 0.903 bits per heavy atom. The molecule has 3 aromatic carbocycles. The largest absolute Gasteiger partial charge is 0.324 e. The minimum Gasteiger partial charge on any atom is -0.324 e. The molecule has 0 saturated heterocycles. The van der Waals surface area contributed by atoms with Crippen molar-refractivity contribution < 1.29 is 18.0 Å². The number of primary sulfonamides is 1. The monoisotopic (exact) mass is 565 g/mol. The molecular formula is C21H17Br2N3O4S. The highest BCUT2D eigenvalue weighted by atomic mass is 79.9. The van der Waals surface area contributed by atoms with Gasteiger partial charge in [-0.25, -0.2) is 13.6 Å². The molecule has 4 N–H and O–H groups in total. The molecule has 2 amide bonds. The molecule has 0 unspecified atom stereocenters. The summed E-state index contributed by atoms with van der Waals surface area (Å²) >= 11 is 6.74. The normalized spacial score (nSPS) is 11.1. The smallest absolute Gasteiger partial charge is 0.257 e. The van der Waals surface area contributed by atoms with E-state index < -0.39 is 15.9 Å². The van der Waals surface area contributed by atoms with Crippen molar-refractivity contribution in [2.75, 3.05) is 10.6 Å². The molecule has 0 heterocycles. The standard InChI is InChI=1S/C21H17Br2N3O4S/c22-14-11-17(21(28)25-15-6-8-16(9-7-15)31(24,29)30)20(18(23)12-14)26-19(27)10-13-4-2-1-3-5-13/h1-9,11-12H,10H2,(H,25,28)(H,26,27)(H2,24,29,30). The summed E-state index contributed by atoms with van der Waals surface area (Å²) in [5.74, 6) is -0.763. The van der Waals surface area contributed by atoms with E-state index in [1.165, 1.54) is 24.3 Å². The number of carbonyl (C=O) groups is 2. The van der Waals surface area contributed by atoms with Gasteiger partial charge in [0.15, 0.2) is 0 Å². The Morgan fingerprint density at radius 3 is 2.16 bits per heavy atom. The highest BCUT2D eigenvalue weighted by molar-refractivity contribution is 9.11. The Balaban J connectivity index is 1.83. The zero-order valence-corrected chi connectivity index (χ0v) is 19.9. The second-order valence-electron chi connectivity index (χ2n) is 6.54. The van der Waals surface area contributed by atoms with Crippen molar-refractivity contribution in [3.05, 3.63) is 86.8 Å². The summed E-state index contributed by atoms with van der Waals surface area (Å²) in [5.41, 5.74) is 1.75. The molecule has 0 aliphatic heterocycles. The molecule has 3 aromatic rings. The minimum absolute atomic E-state index is 0.0652. The van der Waals surface area contributed by atoms with E-state index in [0.717, 1.165) is 5.56 Å². The number of carbonyl (C=O) groups excluding carboxylic acids is 2. The Bertz CT molecular complexity index is 1230. The molecule has 0 atom stereocenters. The van der Waals surface area contributed by atoms with Gasteiger partial charge in [-0.05, 0) is 57.9 Å². The van der Waals surface area contributed by atoms with Crippen LogP contribution < -0.4 is 15.8 Å². The van der Waals surface area contributed by atoms with Crippen LogP contribution in [-0.2, 0) is 21.2 Å². The Morgan fingerprint density at radius 2 is 1.55 bits per heavy atom. The van der Waals surface area contributed by atoms with Crippen LogP contribution in [0.25, 0.3) is 0 Å². The third kappa shape index (κ3) is 6.23. The predicted octanol–water partition coefficient (Wildman–Crippen LogP) is 4.29. The molecular weight excluding hydrogens is 550 g/mol. The van der Waals surface area contributed by atoms with Crippen molar-refractivity contribution in [3.63, 3.8) is 0 Å². The fraction of sp³-hybridized carbons (Fsp3) is 0.0476. The number of benzene rings is 3. The van der Waals surface area contributed by atoms with Crippen molar-refractivity contribution in [2.45, 2.75) is 11.3 Å². The van der Waals surface area contributed by atoms with Crippen molar-refractivity contribution in [3.8, 4) is 0 Å². The highest BCUT2D eigenvalue weighted by Crippen LogP contribution is 2.31. The van der Waals surface area contributed by atoms with Gasteiger partial charge in [0, 0.05) is 14.6 Å². The van der Waals surface area contributed by atoms with Gasteiger partial charge in [0.2, 0.25) is 15.9 Å². The molecule has 0 bridgehead atoms. The topological polar surface area (TPSA) is 118 Å². The number of nitrogens with two attached hydrogens (primary N) is 1.